The molecular weight excluding hydrogens is 436 g/mol. The fourth-order valence-corrected chi connectivity index (χ4v) is 4.03. The van der Waals surface area contributed by atoms with Gasteiger partial charge in [0.05, 0.1) is 0 Å². The summed E-state index contributed by atoms with van der Waals surface area (Å²) in [6.07, 6.45) is 0. The van der Waals surface area contributed by atoms with E-state index in [-0.39, 0.29) is 18.4 Å². The molecule has 0 saturated heterocycles. The Morgan fingerprint density at radius 3 is 1.80 bits per heavy atom. The summed E-state index contributed by atoms with van der Waals surface area (Å²) < 4.78 is 5.65. The summed E-state index contributed by atoms with van der Waals surface area (Å²) >= 11 is 0. The third-order valence-corrected chi connectivity index (χ3v) is 5.95. The molecule has 0 heterocycles. The smallest absolute Gasteiger partial charge is 0.262 e. The summed E-state index contributed by atoms with van der Waals surface area (Å²) in [6, 6.07) is 20.8. The number of amides is 2. The highest BCUT2D eigenvalue weighted by atomic mass is 16.5. The molecule has 2 N–H and O–H groups in total. The number of hydrogen-bond donors (Lipinski definition) is 2. The van der Waals surface area contributed by atoms with Crippen LogP contribution in [0.5, 0.6) is 5.75 Å². The van der Waals surface area contributed by atoms with Gasteiger partial charge in [0.25, 0.3) is 11.8 Å². The van der Waals surface area contributed by atoms with Crippen LogP contribution in [0.1, 0.15) is 86.3 Å². The average molecular weight is 473 g/mol. The standard InChI is InChI=1S/C30H36N2O3/c1-19(2)24-10-7-8-13-27(24)31-28(33)18-35-23-16-14-22(15-17-23)30(34)32-29-25(20(3)4)11-9-12-26(29)21(5)6/h7-17,19-21H,18H2,1-6H3,(H,31,33)(H,32,34). The summed E-state index contributed by atoms with van der Waals surface area (Å²) in [4.78, 5) is 25.4. The van der Waals surface area contributed by atoms with Crippen molar-refractivity contribution in [3.05, 3.63) is 89.0 Å². The SMILES string of the molecule is CC(C)c1ccccc1NC(=O)COc1ccc(C(=O)Nc2c(C(C)C)cccc2C(C)C)cc1. The summed E-state index contributed by atoms with van der Waals surface area (Å²) in [5.41, 5.74) is 5.53. The van der Waals surface area contributed by atoms with E-state index >= 15 is 0 Å². The molecular formula is C30H36N2O3. The Kier molecular flexibility index (Phi) is 8.69. The quantitative estimate of drug-likeness (QED) is 0.343. The van der Waals surface area contributed by atoms with Crippen LogP contribution in [0.2, 0.25) is 0 Å². The minimum Gasteiger partial charge on any atom is -0.484 e. The van der Waals surface area contributed by atoms with Gasteiger partial charge >= 0.3 is 0 Å². The minimum atomic E-state index is -0.230. The molecule has 5 heteroatoms. The van der Waals surface area contributed by atoms with E-state index in [1.54, 1.807) is 24.3 Å². The summed E-state index contributed by atoms with van der Waals surface area (Å²) in [5, 5.41) is 6.05. The van der Waals surface area contributed by atoms with Crippen LogP contribution < -0.4 is 15.4 Å². The van der Waals surface area contributed by atoms with Crippen LogP contribution >= 0.6 is 0 Å². The Bertz CT molecular complexity index is 1140. The predicted molar refractivity (Wildman–Crippen MR) is 144 cm³/mol. The van der Waals surface area contributed by atoms with E-state index in [9.17, 15) is 9.59 Å². The van der Waals surface area contributed by atoms with Gasteiger partial charge in [0.2, 0.25) is 0 Å². The van der Waals surface area contributed by atoms with E-state index in [2.05, 4.69) is 64.3 Å². The first-order valence-electron chi connectivity index (χ1n) is 12.2. The van der Waals surface area contributed by atoms with Gasteiger partial charge in [-0.2, -0.15) is 0 Å². The van der Waals surface area contributed by atoms with Crippen LogP contribution in [0.4, 0.5) is 11.4 Å². The molecule has 0 aliphatic heterocycles. The molecule has 3 rings (SSSR count). The largest absolute Gasteiger partial charge is 0.484 e. The maximum absolute atomic E-state index is 13.0. The maximum atomic E-state index is 13.0. The lowest BCUT2D eigenvalue weighted by molar-refractivity contribution is -0.118. The summed E-state index contributed by atoms with van der Waals surface area (Å²) in [6.45, 7) is 12.6. The van der Waals surface area contributed by atoms with E-state index in [0.717, 1.165) is 28.1 Å². The zero-order chi connectivity index (χ0) is 25.5. The molecule has 3 aromatic carbocycles. The lowest BCUT2D eigenvalue weighted by Gasteiger charge is -2.20. The number of nitrogens with one attached hydrogen (secondary N) is 2. The third-order valence-electron chi connectivity index (χ3n) is 5.95. The number of para-hydroxylation sites is 2. The second kappa shape index (κ2) is 11.7. The number of hydrogen-bond acceptors (Lipinski definition) is 3. The molecule has 0 fully saturated rings. The zero-order valence-corrected chi connectivity index (χ0v) is 21.5. The van der Waals surface area contributed by atoms with Crippen molar-refractivity contribution in [2.24, 2.45) is 0 Å². The molecule has 184 valence electrons. The average Bonchev–Trinajstić information content (AvgIpc) is 2.83. The molecule has 0 radical (unpaired) electrons. The molecule has 0 spiro atoms. The van der Waals surface area contributed by atoms with Crippen LogP contribution in [-0.4, -0.2) is 18.4 Å². The lowest BCUT2D eigenvalue weighted by atomic mass is 9.92. The van der Waals surface area contributed by atoms with Crippen molar-refractivity contribution in [3.63, 3.8) is 0 Å². The molecule has 0 aromatic heterocycles. The van der Waals surface area contributed by atoms with Crippen molar-refractivity contribution in [2.45, 2.75) is 59.3 Å². The van der Waals surface area contributed by atoms with Crippen molar-refractivity contribution in [2.75, 3.05) is 17.2 Å². The number of rotatable bonds is 9. The molecule has 2 amide bonds. The molecule has 3 aromatic rings. The van der Waals surface area contributed by atoms with E-state index in [0.29, 0.717) is 29.1 Å². The predicted octanol–water partition coefficient (Wildman–Crippen LogP) is 7.33. The number of carbonyl (C=O) groups excluding carboxylic acids is 2. The minimum absolute atomic E-state index is 0.114. The van der Waals surface area contributed by atoms with Crippen LogP contribution in [0.3, 0.4) is 0 Å². The Balaban J connectivity index is 1.64. The van der Waals surface area contributed by atoms with Gasteiger partial charge in [-0.3, -0.25) is 9.59 Å². The number of ether oxygens (including phenoxy) is 1. The molecule has 0 atom stereocenters. The first-order valence-corrected chi connectivity index (χ1v) is 12.2. The fraction of sp³-hybridized carbons (Fsp3) is 0.333. The monoisotopic (exact) mass is 472 g/mol. The normalized spacial score (nSPS) is 11.1. The van der Waals surface area contributed by atoms with Gasteiger partial charge in [0.15, 0.2) is 6.61 Å². The van der Waals surface area contributed by atoms with Crippen LogP contribution in [0.15, 0.2) is 66.7 Å². The number of benzene rings is 3. The fourth-order valence-electron chi connectivity index (χ4n) is 4.03. The maximum Gasteiger partial charge on any atom is 0.262 e. The van der Waals surface area contributed by atoms with Gasteiger partial charge in [0.1, 0.15) is 5.75 Å². The second-order valence-corrected chi connectivity index (χ2v) is 9.68. The van der Waals surface area contributed by atoms with Crippen molar-refractivity contribution >= 4 is 23.2 Å². The highest BCUT2D eigenvalue weighted by Crippen LogP contribution is 2.33. The Morgan fingerprint density at radius 1 is 0.686 bits per heavy atom. The van der Waals surface area contributed by atoms with Gasteiger partial charge in [-0.25, -0.2) is 0 Å². The highest BCUT2D eigenvalue weighted by Gasteiger charge is 2.17. The molecule has 5 nitrogen and oxygen atoms in total. The van der Waals surface area contributed by atoms with Crippen molar-refractivity contribution in [3.8, 4) is 5.75 Å². The van der Waals surface area contributed by atoms with Gasteiger partial charge in [-0.05, 0) is 64.8 Å². The molecule has 0 unspecified atom stereocenters. The zero-order valence-electron chi connectivity index (χ0n) is 21.5. The van der Waals surface area contributed by atoms with Crippen molar-refractivity contribution in [1.29, 1.82) is 0 Å². The van der Waals surface area contributed by atoms with E-state index < -0.39 is 0 Å². The Hall–Kier alpha value is -3.60. The molecule has 0 aliphatic carbocycles. The molecule has 0 bridgehead atoms. The Morgan fingerprint density at radius 2 is 1.23 bits per heavy atom. The first-order chi connectivity index (χ1) is 16.7. The van der Waals surface area contributed by atoms with Crippen LogP contribution in [0, 0.1) is 0 Å². The van der Waals surface area contributed by atoms with Crippen molar-refractivity contribution in [1.82, 2.24) is 0 Å². The lowest BCUT2D eigenvalue weighted by Crippen LogP contribution is -2.21. The van der Waals surface area contributed by atoms with E-state index in [1.165, 1.54) is 0 Å². The van der Waals surface area contributed by atoms with Gasteiger partial charge in [0, 0.05) is 16.9 Å². The van der Waals surface area contributed by atoms with Gasteiger partial charge in [-0.1, -0.05) is 77.9 Å². The van der Waals surface area contributed by atoms with Gasteiger partial charge in [-0.15, -0.1) is 0 Å². The van der Waals surface area contributed by atoms with Crippen LogP contribution in [0.25, 0.3) is 0 Å². The third kappa shape index (κ3) is 6.72. The second-order valence-electron chi connectivity index (χ2n) is 9.68. The highest BCUT2D eigenvalue weighted by molar-refractivity contribution is 6.05. The molecule has 0 aliphatic rings. The molecule has 35 heavy (non-hydrogen) atoms. The van der Waals surface area contributed by atoms with E-state index in [4.69, 9.17) is 4.74 Å². The van der Waals surface area contributed by atoms with Gasteiger partial charge < -0.3 is 15.4 Å². The summed E-state index contributed by atoms with van der Waals surface area (Å²) in [7, 11) is 0. The first kappa shape index (κ1) is 26.0. The Labute approximate surface area is 208 Å². The van der Waals surface area contributed by atoms with E-state index in [1.807, 2.05) is 30.3 Å². The summed E-state index contributed by atoms with van der Waals surface area (Å²) in [5.74, 6) is 1.01. The number of carbonyl (C=O) groups is 2. The number of anilines is 2. The van der Waals surface area contributed by atoms with Crippen molar-refractivity contribution < 1.29 is 14.3 Å². The molecule has 0 saturated carbocycles. The van der Waals surface area contributed by atoms with Crippen LogP contribution in [-0.2, 0) is 4.79 Å². The topological polar surface area (TPSA) is 67.4 Å².